The van der Waals surface area contributed by atoms with Gasteiger partial charge in [0.25, 0.3) is 0 Å². The molecular formula is C20H19NO2Se. The van der Waals surface area contributed by atoms with Gasteiger partial charge in [-0.2, -0.15) is 0 Å². The van der Waals surface area contributed by atoms with Crippen LogP contribution in [0.25, 0.3) is 0 Å². The molecule has 0 amide bonds. The fourth-order valence-electron chi connectivity index (χ4n) is 2.69. The number of carbonyl (C=O) groups excluding carboxylic acids is 1. The second kappa shape index (κ2) is 7.61. The molecule has 1 heterocycles. The molecule has 2 aromatic carbocycles. The Bertz CT molecular complexity index is 756. The van der Waals surface area contributed by atoms with Gasteiger partial charge in [-0.15, -0.1) is 0 Å². The van der Waals surface area contributed by atoms with Crippen LogP contribution in [0.4, 0.5) is 0 Å². The molecular weight excluding hydrogens is 365 g/mol. The maximum atomic E-state index is 12.4. The molecule has 1 N–H and O–H groups in total. The molecule has 2 atom stereocenters. The normalized spacial score (nSPS) is 20.4. The number of hydrogen-bond acceptors (Lipinski definition) is 3. The summed E-state index contributed by atoms with van der Waals surface area (Å²) < 4.78 is 5.93. The van der Waals surface area contributed by atoms with Gasteiger partial charge in [-0.25, -0.2) is 0 Å². The maximum absolute atomic E-state index is 12.4. The van der Waals surface area contributed by atoms with E-state index in [1.165, 1.54) is 5.56 Å². The van der Waals surface area contributed by atoms with Gasteiger partial charge in [0.05, 0.1) is 0 Å². The van der Waals surface area contributed by atoms with E-state index in [-0.39, 0.29) is 32.3 Å². The fraction of sp³-hybridized carbons (Fsp3) is 0.200. The predicted molar refractivity (Wildman–Crippen MR) is 96.1 cm³/mol. The van der Waals surface area contributed by atoms with Crippen molar-refractivity contribution in [2.45, 2.75) is 18.3 Å². The molecule has 3 nitrogen and oxygen atoms in total. The standard InChI is InChI=1S/C20H19NO2Se/c1-14-12-17(16-10-6-3-7-11-16)24-19(21)18(14)20(22)23-13-15-8-4-2-5-9-15/h2-12,17-18,21H,13H2,1H3. The van der Waals surface area contributed by atoms with Crippen molar-refractivity contribution in [1.29, 1.82) is 5.41 Å². The summed E-state index contributed by atoms with van der Waals surface area (Å²) in [5.74, 6) is -0.834. The van der Waals surface area contributed by atoms with Gasteiger partial charge in [-0.05, 0) is 0 Å². The number of allylic oxidation sites excluding steroid dienone is 1. The average Bonchev–Trinajstić information content (AvgIpc) is 2.61. The van der Waals surface area contributed by atoms with Gasteiger partial charge in [-0.1, -0.05) is 0 Å². The summed E-state index contributed by atoms with van der Waals surface area (Å²) in [6.45, 7) is 2.18. The predicted octanol–water partition coefficient (Wildman–Crippen LogP) is 3.73. The van der Waals surface area contributed by atoms with Crippen molar-refractivity contribution >= 4 is 25.5 Å². The first-order valence-electron chi connectivity index (χ1n) is 7.84. The first kappa shape index (κ1) is 16.7. The van der Waals surface area contributed by atoms with E-state index in [4.69, 9.17) is 10.1 Å². The molecule has 3 rings (SSSR count). The quantitative estimate of drug-likeness (QED) is 0.496. The molecule has 0 spiro atoms. The van der Waals surface area contributed by atoms with Crippen molar-refractivity contribution in [3.05, 3.63) is 83.4 Å². The molecule has 0 aliphatic carbocycles. The Morgan fingerprint density at radius 3 is 2.33 bits per heavy atom. The van der Waals surface area contributed by atoms with Gasteiger partial charge in [0.1, 0.15) is 0 Å². The number of benzene rings is 2. The number of ether oxygens (including phenoxy) is 1. The molecule has 0 saturated carbocycles. The molecule has 1 aliphatic rings. The van der Waals surface area contributed by atoms with Gasteiger partial charge in [0.15, 0.2) is 0 Å². The average molecular weight is 384 g/mol. The molecule has 0 fully saturated rings. The zero-order valence-electron chi connectivity index (χ0n) is 13.4. The van der Waals surface area contributed by atoms with Crippen molar-refractivity contribution in [1.82, 2.24) is 0 Å². The molecule has 0 bridgehead atoms. The zero-order valence-corrected chi connectivity index (χ0v) is 15.2. The number of nitrogens with one attached hydrogen (secondary N) is 1. The van der Waals surface area contributed by atoms with E-state index < -0.39 is 5.92 Å². The molecule has 2 aromatic rings. The van der Waals surface area contributed by atoms with Crippen molar-refractivity contribution in [2.75, 3.05) is 0 Å². The van der Waals surface area contributed by atoms with E-state index in [9.17, 15) is 4.79 Å². The van der Waals surface area contributed by atoms with Crippen LogP contribution >= 0.6 is 0 Å². The van der Waals surface area contributed by atoms with Crippen LogP contribution in [0.2, 0.25) is 0 Å². The van der Waals surface area contributed by atoms with Gasteiger partial charge < -0.3 is 0 Å². The molecule has 0 radical (unpaired) electrons. The first-order valence-corrected chi connectivity index (χ1v) is 9.68. The minimum atomic E-state index is -0.520. The summed E-state index contributed by atoms with van der Waals surface area (Å²) in [5, 5.41) is 8.36. The van der Waals surface area contributed by atoms with Crippen molar-refractivity contribution in [3.8, 4) is 0 Å². The Labute approximate surface area is 148 Å². The SMILES string of the molecule is CC1=CC(c2ccccc2)[Se]C(=N)C1C(=O)OCc1ccccc1. The van der Waals surface area contributed by atoms with Crippen molar-refractivity contribution in [3.63, 3.8) is 0 Å². The van der Waals surface area contributed by atoms with Crippen LogP contribution in [0.5, 0.6) is 0 Å². The van der Waals surface area contributed by atoms with E-state index in [0.717, 1.165) is 11.1 Å². The van der Waals surface area contributed by atoms with Crippen LogP contribution in [0.3, 0.4) is 0 Å². The van der Waals surface area contributed by atoms with Crippen LogP contribution in [0.1, 0.15) is 22.9 Å². The molecule has 0 aromatic heterocycles. The summed E-state index contributed by atoms with van der Waals surface area (Å²) >= 11 is -0.0721. The van der Waals surface area contributed by atoms with Crippen LogP contribution in [-0.4, -0.2) is 25.5 Å². The van der Waals surface area contributed by atoms with Crippen LogP contribution in [0, 0.1) is 11.3 Å². The van der Waals surface area contributed by atoms with Gasteiger partial charge in [0.2, 0.25) is 0 Å². The van der Waals surface area contributed by atoms with Gasteiger partial charge >= 0.3 is 148 Å². The third-order valence-corrected chi connectivity index (χ3v) is 6.39. The Balaban J connectivity index is 1.70. The molecule has 4 heteroatoms. The van der Waals surface area contributed by atoms with E-state index in [0.29, 0.717) is 4.61 Å². The third-order valence-electron chi connectivity index (χ3n) is 3.97. The summed E-state index contributed by atoms with van der Waals surface area (Å²) in [4.78, 5) is 12.7. The van der Waals surface area contributed by atoms with Gasteiger partial charge in [-0.3, -0.25) is 0 Å². The molecule has 122 valence electrons. The third kappa shape index (κ3) is 3.84. The summed E-state index contributed by atoms with van der Waals surface area (Å²) in [5.41, 5.74) is 3.08. The second-order valence-corrected chi connectivity index (χ2v) is 8.23. The van der Waals surface area contributed by atoms with E-state index >= 15 is 0 Å². The fourth-order valence-corrected chi connectivity index (χ4v) is 5.35. The van der Waals surface area contributed by atoms with Crippen molar-refractivity contribution in [2.24, 2.45) is 5.92 Å². The summed E-state index contributed by atoms with van der Waals surface area (Å²) in [6.07, 6.45) is 2.13. The topological polar surface area (TPSA) is 50.2 Å². The summed E-state index contributed by atoms with van der Waals surface area (Å²) in [7, 11) is 0. The Hall–Kier alpha value is -2.16. The monoisotopic (exact) mass is 385 g/mol. The molecule has 24 heavy (non-hydrogen) atoms. The van der Waals surface area contributed by atoms with Crippen LogP contribution in [0.15, 0.2) is 72.3 Å². The Morgan fingerprint density at radius 1 is 1.08 bits per heavy atom. The number of esters is 1. The van der Waals surface area contributed by atoms with Gasteiger partial charge in [0, 0.05) is 0 Å². The molecule has 1 aliphatic heterocycles. The number of carbonyl (C=O) groups is 1. The second-order valence-electron chi connectivity index (χ2n) is 5.75. The Morgan fingerprint density at radius 2 is 1.71 bits per heavy atom. The first-order chi connectivity index (χ1) is 11.6. The minimum absolute atomic E-state index is 0.0721. The number of hydrogen-bond donors (Lipinski definition) is 1. The summed E-state index contributed by atoms with van der Waals surface area (Å²) in [6, 6.07) is 19.8. The van der Waals surface area contributed by atoms with E-state index in [1.807, 2.05) is 55.5 Å². The molecule has 0 saturated heterocycles. The Kier molecular flexibility index (Phi) is 5.29. The zero-order chi connectivity index (χ0) is 16.9. The van der Waals surface area contributed by atoms with E-state index in [2.05, 4.69) is 18.2 Å². The van der Waals surface area contributed by atoms with Crippen LogP contribution in [-0.2, 0) is 16.1 Å². The molecule has 2 unspecified atom stereocenters. The number of rotatable bonds is 4. The van der Waals surface area contributed by atoms with E-state index in [1.54, 1.807) is 0 Å². The van der Waals surface area contributed by atoms with Crippen LogP contribution < -0.4 is 0 Å². The van der Waals surface area contributed by atoms with Crippen molar-refractivity contribution < 1.29 is 9.53 Å².